The number of benzene rings is 1. The van der Waals surface area contributed by atoms with Crippen LogP contribution in [0.5, 0.6) is 5.75 Å². The van der Waals surface area contributed by atoms with E-state index in [4.69, 9.17) is 22.1 Å². The molecule has 0 aliphatic carbocycles. The number of rotatable bonds is 5. The zero-order valence-corrected chi connectivity index (χ0v) is 17.7. The van der Waals surface area contributed by atoms with Gasteiger partial charge in [0.2, 0.25) is 0 Å². The summed E-state index contributed by atoms with van der Waals surface area (Å²) in [6.07, 6.45) is 4.58. The lowest BCUT2D eigenvalue weighted by Gasteiger charge is -2.16. The second kappa shape index (κ2) is 7.88. The molecule has 1 amide bonds. The Kier molecular flexibility index (Phi) is 5.24. The number of hydrogen-bond acceptors (Lipinski definition) is 6. The van der Waals surface area contributed by atoms with Crippen LogP contribution in [0.4, 0.5) is 15.9 Å². The summed E-state index contributed by atoms with van der Waals surface area (Å²) in [6, 6.07) is 2.53. The maximum atomic E-state index is 15.1. The number of halogens is 2. The molecule has 0 saturated carbocycles. The van der Waals surface area contributed by atoms with Crippen molar-refractivity contribution in [3.05, 3.63) is 53.0 Å². The number of aromatic nitrogens is 5. The molecular formula is C20H19ClFN7O2. The molecule has 4 N–H and O–H groups in total. The molecule has 11 heteroatoms. The van der Waals surface area contributed by atoms with Crippen molar-refractivity contribution in [3.8, 4) is 17.0 Å². The van der Waals surface area contributed by atoms with Crippen molar-refractivity contribution in [3.63, 3.8) is 0 Å². The number of nitrogen functional groups attached to an aromatic ring is 1. The van der Waals surface area contributed by atoms with E-state index >= 15 is 4.39 Å². The van der Waals surface area contributed by atoms with E-state index in [1.807, 2.05) is 0 Å². The Balaban J connectivity index is 1.79. The van der Waals surface area contributed by atoms with Crippen LogP contribution in [0.25, 0.3) is 16.9 Å². The standard InChI is InChI=1S/C20H19ClFN7O2/c1-9(2)31-15-7-11(14-8-29-5-4-24-19(29)18(23)25-14)13(22)6-12(15)20(30)26-16-10(3)27-28-17(16)21/h4-9H,1-3H3,(H2,23,25)(H,26,30)(H,27,28). The van der Waals surface area contributed by atoms with Gasteiger partial charge in [0.1, 0.15) is 22.4 Å². The van der Waals surface area contributed by atoms with Crippen molar-refractivity contribution in [1.82, 2.24) is 24.6 Å². The smallest absolute Gasteiger partial charge is 0.259 e. The summed E-state index contributed by atoms with van der Waals surface area (Å²) in [5, 5.41) is 9.31. The molecular weight excluding hydrogens is 425 g/mol. The minimum atomic E-state index is -0.664. The van der Waals surface area contributed by atoms with Gasteiger partial charge in [-0.3, -0.25) is 9.89 Å². The molecule has 9 nitrogen and oxygen atoms in total. The van der Waals surface area contributed by atoms with Gasteiger partial charge in [-0.25, -0.2) is 14.4 Å². The number of hydrogen-bond donors (Lipinski definition) is 3. The number of fused-ring (bicyclic) bond motifs is 1. The van der Waals surface area contributed by atoms with E-state index in [0.29, 0.717) is 17.0 Å². The highest BCUT2D eigenvalue weighted by Gasteiger charge is 2.22. The number of nitrogens with zero attached hydrogens (tertiary/aromatic N) is 4. The van der Waals surface area contributed by atoms with Crippen LogP contribution >= 0.6 is 11.6 Å². The maximum absolute atomic E-state index is 15.1. The monoisotopic (exact) mass is 443 g/mol. The molecule has 0 saturated heterocycles. The predicted octanol–water partition coefficient (Wildman–Crippen LogP) is 3.84. The summed E-state index contributed by atoms with van der Waals surface area (Å²) in [7, 11) is 0. The van der Waals surface area contributed by atoms with Crippen LogP contribution < -0.4 is 15.8 Å². The molecule has 3 aromatic heterocycles. The van der Waals surface area contributed by atoms with Gasteiger partial charge < -0.3 is 20.2 Å². The first-order chi connectivity index (χ1) is 14.7. The number of anilines is 2. The van der Waals surface area contributed by atoms with Gasteiger partial charge in [-0.15, -0.1) is 0 Å². The van der Waals surface area contributed by atoms with Gasteiger partial charge in [0.05, 0.1) is 23.1 Å². The number of carbonyl (C=O) groups excluding carboxylic acids is 1. The molecule has 0 radical (unpaired) electrons. The third-order valence-corrected chi connectivity index (χ3v) is 4.77. The van der Waals surface area contributed by atoms with E-state index in [2.05, 4.69) is 25.5 Å². The number of ether oxygens (including phenoxy) is 1. The number of H-pyrrole nitrogens is 1. The first-order valence-corrected chi connectivity index (χ1v) is 9.74. The molecule has 1 aromatic carbocycles. The topological polar surface area (TPSA) is 123 Å². The van der Waals surface area contributed by atoms with Crippen molar-refractivity contribution < 1.29 is 13.9 Å². The number of aromatic amines is 1. The average Bonchev–Trinajstić information content (AvgIpc) is 3.30. The van der Waals surface area contributed by atoms with Gasteiger partial charge in [0.15, 0.2) is 11.5 Å². The molecule has 0 aliphatic rings. The summed E-state index contributed by atoms with van der Waals surface area (Å²) in [6.45, 7) is 5.28. The number of nitrogens with one attached hydrogen (secondary N) is 2. The zero-order chi connectivity index (χ0) is 22.3. The van der Waals surface area contributed by atoms with Gasteiger partial charge in [-0.1, -0.05) is 11.6 Å². The summed E-state index contributed by atoms with van der Waals surface area (Å²) in [5.41, 5.74) is 7.63. The highest BCUT2D eigenvalue weighted by Crippen LogP contribution is 2.32. The Hall–Kier alpha value is -3.66. The summed E-state index contributed by atoms with van der Waals surface area (Å²) < 4.78 is 22.6. The molecule has 0 bridgehead atoms. The number of carbonyl (C=O) groups is 1. The quantitative estimate of drug-likeness (QED) is 0.430. The van der Waals surface area contributed by atoms with Gasteiger partial charge in [0, 0.05) is 24.2 Å². The van der Waals surface area contributed by atoms with E-state index in [-0.39, 0.29) is 39.6 Å². The lowest BCUT2D eigenvalue weighted by atomic mass is 10.1. The largest absolute Gasteiger partial charge is 0.490 e. The van der Waals surface area contributed by atoms with Crippen molar-refractivity contribution >= 4 is 34.7 Å². The Labute approximate surface area is 181 Å². The fraction of sp³-hybridized carbons (Fsp3) is 0.200. The summed E-state index contributed by atoms with van der Waals surface area (Å²) in [5.74, 6) is -0.917. The molecule has 0 atom stereocenters. The molecule has 4 rings (SSSR count). The van der Waals surface area contributed by atoms with E-state index in [9.17, 15) is 4.79 Å². The number of amides is 1. The van der Waals surface area contributed by atoms with Crippen molar-refractivity contribution in [1.29, 1.82) is 0 Å². The van der Waals surface area contributed by atoms with Crippen molar-refractivity contribution in [2.45, 2.75) is 26.9 Å². The van der Waals surface area contributed by atoms with Crippen LogP contribution in [-0.2, 0) is 0 Å². The number of aryl methyl sites for hydroxylation is 1. The minimum absolute atomic E-state index is 0.00305. The average molecular weight is 444 g/mol. The normalized spacial score (nSPS) is 11.3. The molecule has 0 fully saturated rings. The van der Waals surface area contributed by atoms with Crippen molar-refractivity contribution in [2.24, 2.45) is 0 Å². The number of imidazole rings is 1. The summed E-state index contributed by atoms with van der Waals surface area (Å²) >= 11 is 6.02. The van der Waals surface area contributed by atoms with Crippen molar-refractivity contribution in [2.75, 3.05) is 11.1 Å². The first kappa shape index (κ1) is 20.6. The fourth-order valence-electron chi connectivity index (χ4n) is 3.09. The van der Waals surface area contributed by atoms with E-state index in [1.54, 1.807) is 43.8 Å². The second-order valence-corrected chi connectivity index (χ2v) is 7.49. The Morgan fingerprint density at radius 3 is 2.84 bits per heavy atom. The predicted molar refractivity (Wildman–Crippen MR) is 115 cm³/mol. The maximum Gasteiger partial charge on any atom is 0.259 e. The van der Waals surface area contributed by atoms with E-state index in [1.165, 1.54) is 6.07 Å². The second-order valence-electron chi connectivity index (χ2n) is 7.12. The Morgan fingerprint density at radius 1 is 1.39 bits per heavy atom. The zero-order valence-electron chi connectivity index (χ0n) is 16.9. The summed E-state index contributed by atoms with van der Waals surface area (Å²) in [4.78, 5) is 21.3. The molecule has 0 spiro atoms. The fourth-order valence-corrected chi connectivity index (χ4v) is 3.32. The lowest BCUT2D eigenvalue weighted by Crippen LogP contribution is -2.17. The van der Waals surface area contributed by atoms with Gasteiger partial charge in [0.25, 0.3) is 5.91 Å². The highest BCUT2D eigenvalue weighted by molar-refractivity contribution is 6.33. The SMILES string of the molecule is Cc1n[nH]c(Cl)c1NC(=O)c1cc(F)c(-c2cn3ccnc3c(N)n2)cc1OC(C)C. The molecule has 31 heavy (non-hydrogen) atoms. The van der Waals surface area contributed by atoms with Crippen LogP contribution in [0.2, 0.25) is 5.15 Å². The Morgan fingerprint density at radius 2 is 2.16 bits per heavy atom. The highest BCUT2D eigenvalue weighted by atomic mass is 35.5. The molecule has 160 valence electrons. The first-order valence-electron chi connectivity index (χ1n) is 9.36. The minimum Gasteiger partial charge on any atom is -0.490 e. The third-order valence-electron chi connectivity index (χ3n) is 4.49. The van der Waals surface area contributed by atoms with Crippen LogP contribution in [0.1, 0.15) is 29.9 Å². The molecule has 4 aromatic rings. The third kappa shape index (κ3) is 3.89. The molecule has 0 unspecified atom stereocenters. The van der Waals surface area contributed by atoms with Gasteiger partial charge in [-0.05, 0) is 32.9 Å². The van der Waals surface area contributed by atoms with Crippen LogP contribution in [0, 0.1) is 12.7 Å². The van der Waals surface area contributed by atoms with Gasteiger partial charge >= 0.3 is 0 Å². The van der Waals surface area contributed by atoms with Crippen LogP contribution in [0.15, 0.2) is 30.7 Å². The lowest BCUT2D eigenvalue weighted by molar-refractivity contribution is 0.102. The van der Waals surface area contributed by atoms with Gasteiger partial charge in [-0.2, -0.15) is 5.10 Å². The Bertz CT molecular complexity index is 1280. The van der Waals surface area contributed by atoms with E-state index < -0.39 is 11.7 Å². The van der Waals surface area contributed by atoms with Crippen LogP contribution in [-0.4, -0.2) is 36.6 Å². The number of nitrogens with two attached hydrogens (primary N) is 1. The molecule has 0 aliphatic heterocycles. The van der Waals surface area contributed by atoms with E-state index in [0.717, 1.165) is 6.07 Å². The van der Waals surface area contributed by atoms with Crippen LogP contribution in [0.3, 0.4) is 0 Å². The molecule has 3 heterocycles.